The Hall–Kier alpha value is -2.83. The van der Waals surface area contributed by atoms with Gasteiger partial charge in [-0.3, -0.25) is 9.59 Å². The van der Waals surface area contributed by atoms with E-state index in [9.17, 15) is 9.59 Å². The third kappa shape index (κ3) is 4.91. The molecular formula is C20H17Cl2N3O3. The van der Waals surface area contributed by atoms with Crippen LogP contribution >= 0.6 is 23.2 Å². The van der Waals surface area contributed by atoms with E-state index >= 15 is 0 Å². The van der Waals surface area contributed by atoms with Crippen LogP contribution in [0, 0.1) is 0 Å². The van der Waals surface area contributed by atoms with E-state index in [-0.39, 0.29) is 28.9 Å². The van der Waals surface area contributed by atoms with Gasteiger partial charge in [-0.2, -0.15) is 0 Å². The number of carbonyl (C=O) groups excluding carboxylic acids is 1. The summed E-state index contributed by atoms with van der Waals surface area (Å²) in [6.45, 7) is 2.36. The first-order chi connectivity index (χ1) is 13.5. The molecule has 0 saturated carbocycles. The first-order valence-corrected chi connectivity index (χ1v) is 9.28. The number of hydrogen-bond acceptors (Lipinski definition) is 4. The van der Waals surface area contributed by atoms with Gasteiger partial charge in [0.1, 0.15) is 5.75 Å². The van der Waals surface area contributed by atoms with Gasteiger partial charge in [-0.25, -0.2) is 4.98 Å². The quantitative estimate of drug-likeness (QED) is 0.638. The monoisotopic (exact) mass is 417 g/mol. The summed E-state index contributed by atoms with van der Waals surface area (Å²) in [5.41, 5.74) is 0.973. The first-order valence-electron chi connectivity index (χ1n) is 8.53. The number of hydrogen-bond donors (Lipinski definition) is 2. The maximum atomic E-state index is 12.2. The van der Waals surface area contributed by atoms with Crippen molar-refractivity contribution in [3.63, 3.8) is 0 Å². The van der Waals surface area contributed by atoms with Gasteiger partial charge in [-0.15, -0.1) is 0 Å². The largest absolute Gasteiger partial charge is 0.484 e. The zero-order valence-electron chi connectivity index (χ0n) is 15.0. The van der Waals surface area contributed by atoms with Crippen LogP contribution in [0.3, 0.4) is 0 Å². The molecule has 0 aliphatic carbocycles. The number of halogens is 2. The Morgan fingerprint density at radius 1 is 1.25 bits per heavy atom. The number of ether oxygens (including phenoxy) is 1. The van der Waals surface area contributed by atoms with E-state index in [1.807, 2.05) is 6.92 Å². The predicted molar refractivity (Wildman–Crippen MR) is 112 cm³/mol. The molecule has 2 aromatic carbocycles. The zero-order valence-corrected chi connectivity index (χ0v) is 16.5. The molecule has 0 aliphatic heterocycles. The topological polar surface area (TPSA) is 84.1 Å². The minimum Gasteiger partial charge on any atom is -0.484 e. The van der Waals surface area contributed by atoms with Gasteiger partial charge in [-0.05, 0) is 48.9 Å². The fourth-order valence-corrected chi connectivity index (χ4v) is 2.88. The molecule has 0 radical (unpaired) electrons. The lowest BCUT2D eigenvalue weighted by molar-refractivity contribution is -0.122. The first kappa shape index (κ1) is 19.9. The number of aromatic nitrogens is 2. The molecule has 3 rings (SSSR count). The van der Waals surface area contributed by atoms with E-state index in [2.05, 4.69) is 15.3 Å². The maximum absolute atomic E-state index is 12.2. The highest BCUT2D eigenvalue weighted by molar-refractivity contribution is 6.50. The van der Waals surface area contributed by atoms with Crippen molar-refractivity contribution < 1.29 is 9.53 Å². The number of fused-ring (bicyclic) bond motifs is 1. The van der Waals surface area contributed by atoms with Crippen molar-refractivity contribution in [1.82, 2.24) is 15.3 Å². The summed E-state index contributed by atoms with van der Waals surface area (Å²) in [5, 5.41) is 3.80. The normalized spacial score (nSPS) is 11.5. The Labute approximate surface area is 171 Å². The number of H-pyrrole nitrogens is 1. The zero-order chi connectivity index (χ0) is 20.1. The van der Waals surface area contributed by atoms with Gasteiger partial charge in [0.05, 0.1) is 15.9 Å². The average Bonchev–Trinajstić information content (AvgIpc) is 2.68. The molecule has 0 unspecified atom stereocenters. The van der Waals surface area contributed by atoms with Crippen molar-refractivity contribution in [3.05, 3.63) is 69.2 Å². The minimum atomic E-state index is -0.317. The molecule has 0 saturated heterocycles. The number of nitrogens with zero attached hydrogens (tertiary/aromatic N) is 1. The molecule has 2 N–H and O–H groups in total. The summed E-state index contributed by atoms with van der Waals surface area (Å²) in [4.78, 5) is 30.7. The van der Waals surface area contributed by atoms with Crippen LogP contribution in [0.25, 0.3) is 22.0 Å². The molecule has 0 fully saturated rings. The van der Waals surface area contributed by atoms with Crippen molar-refractivity contribution in [2.24, 2.45) is 0 Å². The minimum absolute atomic E-state index is 0.0456. The van der Waals surface area contributed by atoms with Gasteiger partial charge in [0.2, 0.25) is 0 Å². The lowest BCUT2D eigenvalue weighted by Crippen LogP contribution is -2.28. The second-order valence-corrected chi connectivity index (χ2v) is 6.72. The highest BCUT2D eigenvalue weighted by Gasteiger charge is 2.08. The molecule has 0 aliphatic rings. The predicted octanol–water partition coefficient (Wildman–Crippen LogP) is 3.83. The lowest BCUT2D eigenvalue weighted by Gasteiger charge is -2.06. The second-order valence-electron chi connectivity index (χ2n) is 5.88. The molecule has 8 heteroatoms. The molecule has 0 spiro atoms. The second kappa shape index (κ2) is 8.91. The maximum Gasteiger partial charge on any atom is 0.259 e. The Bertz CT molecular complexity index is 1090. The molecule has 1 amide bonds. The molecule has 1 aromatic heterocycles. The number of nitrogens with one attached hydrogen (secondary N) is 2. The fourth-order valence-electron chi connectivity index (χ4n) is 2.50. The standard InChI is InChI=1S/C20H17Cl2N3O3/c1-2-23-18(26)11-28-14-6-3-12(4-7-14)9-16(22)19-24-17-8-5-13(21)10-15(17)20(27)25-19/h3-10H,2,11H2,1H3,(H,23,26)(H,24,25,27)/b16-9+. The van der Waals surface area contributed by atoms with Crippen molar-refractivity contribution in [2.75, 3.05) is 13.2 Å². The van der Waals surface area contributed by atoms with Crippen LogP contribution in [0.1, 0.15) is 18.3 Å². The van der Waals surface area contributed by atoms with E-state index in [4.69, 9.17) is 27.9 Å². The Kier molecular flexibility index (Phi) is 6.34. The third-order valence-corrected chi connectivity index (χ3v) is 4.33. The number of amides is 1. The van der Waals surface area contributed by atoms with E-state index in [1.165, 1.54) is 0 Å². The summed E-state index contributed by atoms with van der Waals surface area (Å²) < 4.78 is 5.40. The average molecular weight is 418 g/mol. The van der Waals surface area contributed by atoms with Crippen molar-refractivity contribution >= 4 is 51.1 Å². The summed E-state index contributed by atoms with van der Waals surface area (Å²) in [6.07, 6.45) is 1.68. The van der Waals surface area contributed by atoms with Gasteiger partial charge in [0.15, 0.2) is 12.4 Å². The Morgan fingerprint density at radius 2 is 2.00 bits per heavy atom. The third-order valence-electron chi connectivity index (χ3n) is 3.81. The van der Waals surface area contributed by atoms with Crippen LogP contribution in [0.15, 0.2) is 47.3 Å². The van der Waals surface area contributed by atoms with Gasteiger partial charge in [0, 0.05) is 11.6 Å². The number of carbonyl (C=O) groups is 1. The smallest absolute Gasteiger partial charge is 0.259 e. The summed E-state index contributed by atoms with van der Waals surface area (Å²) in [5.74, 6) is 0.647. The number of rotatable bonds is 6. The van der Waals surface area contributed by atoms with E-state index < -0.39 is 0 Å². The molecule has 6 nitrogen and oxygen atoms in total. The summed E-state index contributed by atoms with van der Waals surface area (Å²) in [7, 11) is 0. The van der Waals surface area contributed by atoms with Crippen molar-refractivity contribution in [2.45, 2.75) is 6.92 Å². The van der Waals surface area contributed by atoms with Gasteiger partial charge < -0.3 is 15.0 Å². The number of benzene rings is 2. The van der Waals surface area contributed by atoms with Crippen LogP contribution in [0.2, 0.25) is 5.02 Å². The highest BCUT2D eigenvalue weighted by atomic mass is 35.5. The van der Waals surface area contributed by atoms with Crippen LogP contribution < -0.4 is 15.6 Å². The van der Waals surface area contributed by atoms with E-state index in [0.717, 1.165) is 5.56 Å². The van der Waals surface area contributed by atoms with Crippen LogP contribution in [-0.4, -0.2) is 29.0 Å². The summed E-state index contributed by atoms with van der Waals surface area (Å²) >= 11 is 12.3. The SMILES string of the molecule is CCNC(=O)COc1ccc(/C=C(/Cl)c2nc3ccc(Cl)cc3c(=O)[nH]2)cc1. The molecule has 1 heterocycles. The van der Waals surface area contributed by atoms with Crippen LogP contribution in [0.4, 0.5) is 0 Å². The molecule has 0 atom stereocenters. The van der Waals surface area contributed by atoms with Crippen LogP contribution in [0.5, 0.6) is 5.75 Å². The number of aromatic amines is 1. The number of likely N-dealkylation sites (N-methyl/N-ethyl adjacent to an activating group) is 1. The molecular weight excluding hydrogens is 401 g/mol. The molecule has 144 valence electrons. The molecule has 0 bridgehead atoms. The van der Waals surface area contributed by atoms with Crippen molar-refractivity contribution in [3.8, 4) is 5.75 Å². The van der Waals surface area contributed by atoms with Gasteiger partial charge in [-0.1, -0.05) is 35.3 Å². The molecule has 3 aromatic rings. The van der Waals surface area contributed by atoms with Crippen LogP contribution in [-0.2, 0) is 4.79 Å². The van der Waals surface area contributed by atoms with Gasteiger partial charge in [0.25, 0.3) is 11.5 Å². The Balaban J connectivity index is 1.78. The Morgan fingerprint density at radius 3 is 2.71 bits per heavy atom. The molecule has 28 heavy (non-hydrogen) atoms. The van der Waals surface area contributed by atoms with Crippen molar-refractivity contribution in [1.29, 1.82) is 0 Å². The van der Waals surface area contributed by atoms with Gasteiger partial charge >= 0.3 is 0 Å². The fraction of sp³-hybridized carbons (Fsp3) is 0.150. The van der Waals surface area contributed by atoms with E-state index in [1.54, 1.807) is 48.5 Å². The highest BCUT2D eigenvalue weighted by Crippen LogP contribution is 2.22. The van der Waals surface area contributed by atoms with E-state index in [0.29, 0.717) is 28.2 Å². The lowest BCUT2D eigenvalue weighted by atomic mass is 10.2. The summed E-state index contributed by atoms with van der Waals surface area (Å²) in [6, 6.07) is 11.9.